The third-order valence-corrected chi connectivity index (χ3v) is 2.77. The first-order chi connectivity index (χ1) is 8.24. The number of hydrogen-bond acceptors (Lipinski definition) is 3. The van der Waals surface area contributed by atoms with E-state index in [9.17, 15) is 9.59 Å². The molecule has 0 aliphatic heterocycles. The maximum Gasteiger partial charge on any atom is 0.259 e. The van der Waals surface area contributed by atoms with Crippen molar-refractivity contribution in [2.24, 2.45) is 0 Å². The summed E-state index contributed by atoms with van der Waals surface area (Å²) in [6.07, 6.45) is 5.14. The second kappa shape index (κ2) is 4.83. The van der Waals surface area contributed by atoms with Crippen LogP contribution in [0.25, 0.3) is 0 Å². The van der Waals surface area contributed by atoms with E-state index < -0.39 is 0 Å². The van der Waals surface area contributed by atoms with Gasteiger partial charge in [-0.2, -0.15) is 5.26 Å². The van der Waals surface area contributed by atoms with Crippen molar-refractivity contribution >= 4 is 5.91 Å². The molecule has 5 nitrogen and oxygen atoms in total. The molecule has 0 aromatic carbocycles. The van der Waals surface area contributed by atoms with E-state index >= 15 is 0 Å². The lowest BCUT2D eigenvalue weighted by atomic mass is 10.2. The number of aromatic amines is 1. The maximum atomic E-state index is 12.1. The molecule has 1 aromatic rings. The van der Waals surface area contributed by atoms with Crippen molar-refractivity contribution in [1.29, 1.82) is 5.26 Å². The van der Waals surface area contributed by atoms with Crippen LogP contribution in [0.4, 0.5) is 0 Å². The van der Waals surface area contributed by atoms with Crippen molar-refractivity contribution in [3.63, 3.8) is 0 Å². The van der Waals surface area contributed by atoms with E-state index in [1.807, 2.05) is 6.07 Å². The molecule has 0 spiro atoms. The molecule has 0 unspecified atom stereocenters. The standard InChI is InChI=1S/C12H13N3O2/c13-5-1-7-15(9-2-3-9)12(17)10-8-14-6-4-11(10)16/h4,6,8-9H,1-3,7H2,(H,14,16). The minimum Gasteiger partial charge on any atom is -0.367 e. The number of rotatable bonds is 4. The van der Waals surface area contributed by atoms with Crippen LogP contribution < -0.4 is 5.43 Å². The van der Waals surface area contributed by atoms with E-state index in [1.165, 1.54) is 18.5 Å². The highest BCUT2D eigenvalue weighted by molar-refractivity contribution is 5.94. The summed E-state index contributed by atoms with van der Waals surface area (Å²) in [6.45, 7) is 0.397. The molecule has 1 aliphatic carbocycles. The summed E-state index contributed by atoms with van der Waals surface area (Å²) >= 11 is 0. The zero-order valence-corrected chi connectivity index (χ0v) is 9.35. The lowest BCUT2D eigenvalue weighted by molar-refractivity contribution is 0.0745. The predicted molar refractivity (Wildman–Crippen MR) is 61.4 cm³/mol. The van der Waals surface area contributed by atoms with Gasteiger partial charge in [0.05, 0.1) is 12.5 Å². The van der Waals surface area contributed by atoms with Crippen LogP contribution >= 0.6 is 0 Å². The molecule has 88 valence electrons. The highest BCUT2D eigenvalue weighted by Gasteiger charge is 2.33. The normalized spacial score (nSPS) is 14.1. The molecule has 0 radical (unpaired) electrons. The highest BCUT2D eigenvalue weighted by Crippen LogP contribution is 2.27. The lowest BCUT2D eigenvalue weighted by Crippen LogP contribution is -2.36. The Morgan fingerprint density at radius 2 is 2.35 bits per heavy atom. The van der Waals surface area contributed by atoms with Crippen LogP contribution in [0, 0.1) is 11.3 Å². The van der Waals surface area contributed by atoms with Crippen molar-refractivity contribution in [3.05, 3.63) is 34.2 Å². The smallest absolute Gasteiger partial charge is 0.259 e. The molecular formula is C12H13N3O2. The summed E-state index contributed by atoms with van der Waals surface area (Å²) < 4.78 is 0. The Kier molecular flexibility index (Phi) is 3.24. The van der Waals surface area contributed by atoms with Gasteiger partial charge in [0.2, 0.25) is 0 Å². The number of hydrogen-bond donors (Lipinski definition) is 1. The van der Waals surface area contributed by atoms with E-state index in [4.69, 9.17) is 5.26 Å². The summed E-state index contributed by atoms with van der Waals surface area (Å²) in [5.41, 5.74) is -0.131. The number of nitrogens with zero attached hydrogens (tertiary/aromatic N) is 2. The fourth-order valence-electron chi connectivity index (χ4n) is 1.74. The van der Waals surface area contributed by atoms with E-state index in [2.05, 4.69) is 4.98 Å². The van der Waals surface area contributed by atoms with Gasteiger partial charge >= 0.3 is 0 Å². The quantitative estimate of drug-likeness (QED) is 0.836. The summed E-state index contributed by atoms with van der Waals surface area (Å²) in [5, 5.41) is 8.57. The van der Waals surface area contributed by atoms with Crippen LogP contribution in [-0.4, -0.2) is 28.4 Å². The topological polar surface area (TPSA) is 77.0 Å². The Morgan fingerprint density at radius 3 is 2.94 bits per heavy atom. The number of pyridine rings is 1. The van der Waals surface area contributed by atoms with E-state index in [0.717, 1.165) is 12.8 Å². The van der Waals surface area contributed by atoms with Gasteiger partial charge in [-0.3, -0.25) is 9.59 Å². The van der Waals surface area contributed by atoms with Crippen molar-refractivity contribution in [2.75, 3.05) is 6.54 Å². The number of H-pyrrole nitrogens is 1. The van der Waals surface area contributed by atoms with Crippen molar-refractivity contribution in [2.45, 2.75) is 25.3 Å². The third-order valence-electron chi connectivity index (χ3n) is 2.77. The van der Waals surface area contributed by atoms with Crippen molar-refractivity contribution in [3.8, 4) is 6.07 Å². The van der Waals surface area contributed by atoms with Gasteiger partial charge < -0.3 is 9.88 Å². The molecule has 1 amide bonds. The number of aromatic nitrogens is 1. The molecule has 1 heterocycles. The lowest BCUT2D eigenvalue weighted by Gasteiger charge is -2.20. The molecular weight excluding hydrogens is 218 g/mol. The molecule has 1 fully saturated rings. The Hall–Kier alpha value is -2.09. The summed E-state index contributed by atoms with van der Waals surface area (Å²) in [5.74, 6) is -0.274. The molecule has 2 rings (SSSR count). The molecule has 0 atom stereocenters. The Labute approximate surface area is 98.7 Å². The predicted octanol–water partition coefficient (Wildman–Crippen LogP) is 0.893. The molecule has 1 saturated carbocycles. The van der Waals surface area contributed by atoms with Crippen LogP contribution in [0.15, 0.2) is 23.3 Å². The number of carbonyl (C=O) groups is 1. The summed E-state index contributed by atoms with van der Waals surface area (Å²) in [4.78, 5) is 28.1. The average molecular weight is 231 g/mol. The van der Waals surface area contributed by atoms with E-state index in [0.29, 0.717) is 13.0 Å². The van der Waals surface area contributed by atoms with Gasteiger partial charge in [0.1, 0.15) is 5.56 Å². The van der Waals surface area contributed by atoms with Gasteiger partial charge in [-0.1, -0.05) is 0 Å². The molecule has 1 aromatic heterocycles. The van der Waals surface area contributed by atoms with E-state index in [-0.39, 0.29) is 22.9 Å². The van der Waals surface area contributed by atoms with Gasteiger partial charge in [0.15, 0.2) is 5.43 Å². The van der Waals surface area contributed by atoms with Gasteiger partial charge in [0, 0.05) is 31.0 Å². The molecule has 5 heteroatoms. The molecule has 1 N–H and O–H groups in total. The minimum absolute atomic E-state index is 0.150. The van der Waals surface area contributed by atoms with Crippen LogP contribution in [0.5, 0.6) is 0 Å². The van der Waals surface area contributed by atoms with Gasteiger partial charge in [-0.25, -0.2) is 0 Å². The number of carbonyl (C=O) groups excluding carboxylic acids is 1. The first-order valence-electron chi connectivity index (χ1n) is 5.59. The first kappa shape index (κ1) is 11.4. The molecule has 1 aliphatic rings. The maximum absolute atomic E-state index is 12.1. The van der Waals surface area contributed by atoms with Crippen LogP contribution in [-0.2, 0) is 0 Å². The van der Waals surface area contributed by atoms with Crippen LogP contribution in [0.1, 0.15) is 29.6 Å². The summed E-state index contributed by atoms with van der Waals surface area (Å²) in [7, 11) is 0. The van der Waals surface area contributed by atoms with Crippen molar-refractivity contribution in [1.82, 2.24) is 9.88 Å². The third kappa shape index (κ3) is 2.53. The zero-order valence-electron chi connectivity index (χ0n) is 9.35. The largest absolute Gasteiger partial charge is 0.367 e. The number of nitrogens with one attached hydrogen (secondary N) is 1. The molecule has 0 bridgehead atoms. The average Bonchev–Trinajstić information content (AvgIpc) is 3.14. The highest BCUT2D eigenvalue weighted by atomic mass is 16.2. The van der Waals surface area contributed by atoms with Gasteiger partial charge in [0.25, 0.3) is 5.91 Å². The van der Waals surface area contributed by atoms with Gasteiger partial charge in [-0.15, -0.1) is 0 Å². The number of amides is 1. The Morgan fingerprint density at radius 1 is 1.59 bits per heavy atom. The van der Waals surface area contributed by atoms with Crippen molar-refractivity contribution < 1.29 is 4.79 Å². The monoisotopic (exact) mass is 231 g/mol. The zero-order chi connectivity index (χ0) is 12.3. The molecule has 0 saturated heterocycles. The minimum atomic E-state index is -0.281. The van der Waals surface area contributed by atoms with Crippen LogP contribution in [0.3, 0.4) is 0 Å². The SMILES string of the molecule is N#CCCN(C(=O)c1c[nH]ccc1=O)C1CC1. The second-order valence-corrected chi connectivity index (χ2v) is 4.06. The van der Waals surface area contributed by atoms with Crippen LogP contribution in [0.2, 0.25) is 0 Å². The number of nitriles is 1. The molecule has 17 heavy (non-hydrogen) atoms. The summed E-state index contributed by atoms with van der Waals surface area (Å²) in [6, 6.07) is 3.56. The van der Waals surface area contributed by atoms with Gasteiger partial charge in [-0.05, 0) is 12.8 Å². The Bertz CT molecular complexity index is 511. The van der Waals surface area contributed by atoms with E-state index in [1.54, 1.807) is 4.90 Å². The second-order valence-electron chi connectivity index (χ2n) is 4.06. The first-order valence-corrected chi connectivity index (χ1v) is 5.59. The Balaban J connectivity index is 2.19. The fraction of sp³-hybridized carbons (Fsp3) is 0.417. The fourth-order valence-corrected chi connectivity index (χ4v) is 1.74.